The van der Waals surface area contributed by atoms with Gasteiger partial charge in [-0.2, -0.15) is 4.98 Å². The Morgan fingerprint density at radius 2 is 1.67 bits per heavy atom. The summed E-state index contributed by atoms with van der Waals surface area (Å²) >= 11 is 0. The van der Waals surface area contributed by atoms with Gasteiger partial charge in [0.25, 0.3) is 0 Å². The Kier molecular flexibility index (Phi) is 7.01. The maximum Gasteiger partial charge on any atom is 0.303 e. The predicted molar refractivity (Wildman–Crippen MR) is 123 cm³/mol. The Balaban J connectivity index is 1.79. The molecule has 0 aliphatic carbocycles. The van der Waals surface area contributed by atoms with E-state index in [0.717, 1.165) is 5.56 Å². The van der Waals surface area contributed by atoms with Crippen molar-refractivity contribution in [3.8, 4) is 17.0 Å². The third-order valence-electron chi connectivity index (χ3n) is 5.42. The number of ether oxygens (including phenoxy) is 5. The van der Waals surface area contributed by atoms with Crippen molar-refractivity contribution in [2.24, 2.45) is 0 Å². The van der Waals surface area contributed by atoms with E-state index < -0.39 is 42.4 Å². The first-order valence-electron chi connectivity index (χ1n) is 11.0. The van der Waals surface area contributed by atoms with Gasteiger partial charge in [-0.05, 0) is 24.3 Å². The number of esters is 3. The van der Waals surface area contributed by atoms with Crippen molar-refractivity contribution in [1.82, 2.24) is 19.5 Å². The molecule has 3 aromatic rings. The molecule has 13 heteroatoms. The number of anilines is 1. The molecule has 3 heterocycles. The van der Waals surface area contributed by atoms with Gasteiger partial charge in [0.05, 0.1) is 13.4 Å². The van der Waals surface area contributed by atoms with Gasteiger partial charge in [0.15, 0.2) is 24.1 Å². The summed E-state index contributed by atoms with van der Waals surface area (Å²) in [5.41, 5.74) is 7.91. The molecule has 0 saturated carbocycles. The average Bonchev–Trinajstić information content (AvgIpc) is 3.38. The molecule has 13 nitrogen and oxygen atoms in total. The maximum absolute atomic E-state index is 11.9. The minimum absolute atomic E-state index is 0.0231. The molecule has 1 aliphatic heterocycles. The van der Waals surface area contributed by atoms with E-state index >= 15 is 0 Å². The number of methoxy groups -OCH3 is 1. The molecule has 0 unspecified atom stereocenters. The van der Waals surface area contributed by atoms with Crippen molar-refractivity contribution in [3.05, 3.63) is 30.6 Å². The van der Waals surface area contributed by atoms with Crippen LogP contribution in [0.5, 0.6) is 5.75 Å². The summed E-state index contributed by atoms with van der Waals surface area (Å²) in [6, 6.07) is 7.16. The van der Waals surface area contributed by atoms with E-state index in [1.54, 1.807) is 31.4 Å². The highest BCUT2D eigenvalue weighted by Gasteiger charge is 2.51. The van der Waals surface area contributed by atoms with Gasteiger partial charge < -0.3 is 29.4 Å². The molecule has 190 valence electrons. The van der Waals surface area contributed by atoms with Crippen LogP contribution in [0, 0.1) is 0 Å². The molecule has 1 aliphatic rings. The Labute approximate surface area is 205 Å². The van der Waals surface area contributed by atoms with Crippen LogP contribution in [0.4, 0.5) is 5.95 Å². The van der Waals surface area contributed by atoms with Crippen molar-refractivity contribution in [2.45, 2.75) is 45.3 Å². The van der Waals surface area contributed by atoms with Crippen LogP contribution in [0.3, 0.4) is 0 Å². The number of rotatable bonds is 7. The highest BCUT2D eigenvalue weighted by atomic mass is 16.7. The van der Waals surface area contributed by atoms with Crippen molar-refractivity contribution in [1.29, 1.82) is 0 Å². The molecule has 0 spiro atoms. The Morgan fingerprint density at radius 1 is 1.00 bits per heavy atom. The molecule has 0 radical (unpaired) electrons. The Morgan fingerprint density at radius 3 is 2.28 bits per heavy atom. The second-order valence-electron chi connectivity index (χ2n) is 8.00. The molecule has 36 heavy (non-hydrogen) atoms. The zero-order valence-corrected chi connectivity index (χ0v) is 20.0. The van der Waals surface area contributed by atoms with E-state index in [9.17, 15) is 14.4 Å². The molecule has 0 amide bonds. The summed E-state index contributed by atoms with van der Waals surface area (Å²) in [5.74, 6) is -1.16. The van der Waals surface area contributed by atoms with Crippen molar-refractivity contribution >= 4 is 35.0 Å². The first kappa shape index (κ1) is 24.9. The fourth-order valence-corrected chi connectivity index (χ4v) is 3.99. The van der Waals surface area contributed by atoms with Crippen LogP contribution < -0.4 is 10.5 Å². The van der Waals surface area contributed by atoms with Crippen molar-refractivity contribution < 1.29 is 38.1 Å². The van der Waals surface area contributed by atoms with E-state index in [2.05, 4.69) is 15.0 Å². The van der Waals surface area contributed by atoms with E-state index in [1.165, 1.54) is 31.7 Å². The SMILES string of the molecule is COc1ccc(-c2nc(N)nc3c2ncn3[C@@H]2O[C@H](COC(C)=O)[C@@H](OC(C)=O)[C@H]2OC(C)=O)cc1. The lowest BCUT2D eigenvalue weighted by atomic mass is 10.1. The highest BCUT2D eigenvalue weighted by molar-refractivity contribution is 5.88. The molecular weight excluding hydrogens is 474 g/mol. The van der Waals surface area contributed by atoms with Crippen molar-refractivity contribution in [2.75, 3.05) is 19.5 Å². The van der Waals surface area contributed by atoms with Gasteiger partial charge in [-0.1, -0.05) is 0 Å². The molecule has 2 N–H and O–H groups in total. The number of nitrogen functional groups attached to an aromatic ring is 1. The zero-order valence-electron chi connectivity index (χ0n) is 20.0. The number of carbonyl (C=O) groups excluding carboxylic acids is 3. The second kappa shape index (κ2) is 10.2. The molecule has 1 fully saturated rings. The molecule has 0 bridgehead atoms. The predicted octanol–water partition coefficient (Wildman–Crippen LogP) is 1.41. The summed E-state index contributed by atoms with van der Waals surface area (Å²) in [5, 5.41) is 0. The summed E-state index contributed by atoms with van der Waals surface area (Å²) in [7, 11) is 1.57. The Bertz CT molecular complexity index is 1290. The van der Waals surface area contributed by atoms with Gasteiger partial charge in [0.2, 0.25) is 5.95 Å². The average molecular weight is 499 g/mol. The number of hydrogen-bond acceptors (Lipinski definition) is 12. The minimum atomic E-state index is -1.09. The largest absolute Gasteiger partial charge is 0.497 e. The van der Waals surface area contributed by atoms with Gasteiger partial charge in [-0.25, -0.2) is 9.97 Å². The van der Waals surface area contributed by atoms with Crippen LogP contribution in [0.15, 0.2) is 30.6 Å². The van der Waals surface area contributed by atoms with Gasteiger partial charge in [0, 0.05) is 26.3 Å². The third kappa shape index (κ3) is 5.05. The lowest BCUT2D eigenvalue weighted by Crippen LogP contribution is -2.40. The quantitative estimate of drug-likeness (QED) is 0.367. The van der Waals surface area contributed by atoms with Crippen LogP contribution in [-0.2, 0) is 33.3 Å². The number of nitrogens with zero attached hydrogens (tertiary/aromatic N) is 4. The summed E-state index contributed by atoms with van der Waals surface area (Å²) in [6.45, 7) is 3.43. The number of carbonyl (C=O) groups is 3. The normalized spacial score (nSPS) is 21.2. The standard InChI is InChI=1S/C23H25N5O8/c1-11(29)33-9-16-19(34-12(2)30)20(35-13(3)31)22(36-16)28-10-25-18-17(26-23(24)27-21(18)28)14-5-7-15(32-4)8-6-14/h5-8,10,16,19-20,22H,9H2,1-4H3,(H2,24,26,27)/t16-,19-,20-,22-/m1/s1. The number of imidazole rings is 1. The molecule has 1 saturated heterocycles. The van der Waals surface area contributed by atoms with Crippen LogP contribution in [0.1, 0.15) is 27.0 Å². The van der Waals surface area contributed by atoms with Crippen LogP contribution in [-0.4, -0.2) is 69.5 Å². The van der Waals surface area contributed by atoms with E-state index in [0.29, 0.717) is 22.6 Å². The first-order valence-corrected chi connectivity index (χ1v) is 11.0. The smallest absolute Gasteiger partial charge is 0.303 e. The summed E-state index contributed by atoms with van der Waals surface area (Å²) in [4.78, 5) is 48.3. The van der Waals surface area contributed by atoms with E-state index in [4.69, 9.17) is 29.4 Å². The lowest BCUT2D eigenvalue weighted by Gasteiger charge is -2.23. The zero-order chi connectivity index (χ0) is 26.0. The van der Waals surface area contributed by atoms with E-state index in [-0.39, 0.29) is 12.6 Å². The van der Waals surface area contributed by atoms with Crippen molar-refractivity contribution in [3.63, 3.8) is 0 Å². The molecular formula is C23H25N5O8. The Hall–Kier alpha value is -4.26. The topological polar surface area (TPSA) is 167 Å². The molecule has 1 aromatic carbocycles. The number of aromatic nitrogens is 4. The van der Waals surface area contributed by atoms with Gasteiger partial charge in [0.1, 0.15) is 29.7 Å². The van der Waals surface area contributed by atoms with Crippen LogP contribution >= 0.6 is 0 Å². The summed E-state index contributed by atoms with van der Waals surface area (Å²) in [6.07, 6.45) is -2.67. The minimum Gasteiger partial charge on any atom is -0.497 e. The fraction of sp³-hybridized carbons (Fsp3) is 0.391. The number of nitrogens with two attached hydrogens (primary N) is 1. The van der Waals surface area contributed by atoms with Crippen LogP contribution in [0.2, 0.25) is 0 Å². The van der Waals surface area contributed by atoms with Gasteiger partial charge in [-0.15, -0.1) is 0 Å². The molecule has 4 rings (SSSR count). The number of hydrogen-bond donors (Lipinski definition) is 1. The maximum atomic E-state index is 11.9. The number of benzene rings is 1. The van der Waals surface area contributed by atoms with Crippen LogP contribution in [0.25, 0.3) is 22.4 Å². The molecule has 2 aromatic heterocycles. The molecule has 4 atom stereocenters. The lowest BCUT2D eigenvalue weighted by molar-refractivity contribution is -0.166. The van der Waals surface area contributed by atoms with Gasteiger partial charge >= 0.3 is 17.9 Å². The third-order valence-corrected chi connectivity index (χ3v) is 5.42. The van der Waals surface area contributed by atoms with E-state index in [1.807, 2.05) is 0 Å². The second-order valence-corrected chi connectivity index (χ2v) is 8.00. The van der Waals surface area contributed by atoms with Gasteiger partial charge in [-0.3, -0.25) is 19.0 Å². The fourth-order valence-electron chi connectivity index (χ4n) is 3.99. The monoisotopic (exact) mass is 499 g/mol. The number of fused-ring (bicyclic) bond motifs is 1. The first-order chi connectivity index (χ1) is 17.2. The highest BCUT2D eigenvalue weighted by Crippen LogP contribution is 2.37. The summed E-state index contributed by atoms with van der Waals surface area (Å²) < 4.78 is 28.8.